The van der Waals surface area contributed by atoms with Gasteiger partial charge in [0.15, 0.2) is 0 Å². The number of carbonyl (C=O) groups excluding carboxylic acids is 1. The van der Waals surface area contributed by atoms with Crippen LogP contribution in [0.15, 0.2) is 46.9 Å². The first-order valence-corrected chi connectivity index (χ1v) is 8.68. The molecule has 5 heteroatoms. The van der Waals surface area contributed by atoms with Crippen LogP contribution in [0, 0.1) is 18.3 Å². The number of aryl methyl sites for hydroxylation is 1. The Morgan fingerprint density at radius 2 is 1.88 bits per heavy atom. The number of halogens is 1. The zero-order chi connectivity index (χ0) is 17.1. The van der Waals surface area contributed by atoms with Gasteiger partial charge in [-0.2, -0.15) is 5.26 Å². The molecule has 2 aromatic rings. The molecule has 0 unspecified atom stereocenters. The Hall–Kier alpha value is -2.32. The average Bonchev–Trinajstić information content (AvgIpc) is 2.63. The van der Waals surface area contributed by atoms with Crippen LogP contribution in [0.4, 0.5) is 5.69 Å². The second-order valence-corrected chi connectivity index (χ2v) is 6.76. The van der Waals surface area contributed by atoms with Gasteiger partial charge in [-0.25, -0.2) is 0 Å². The Kier molecular flexibility index (Phi) is 4.86. The quantitative estimate of drug-likeness (QED) is 0.795. The van der Waals surface area contributed by atoms with Gasteiger partial charge in [-0.3, -0.25) is 4.79 Å². The fourth-order valence-electron chi connectivity index (χ4n) is 2.90. The average molecular weight is 384 g/mol. The number of amides is 1. The number of anilines is 1. The van der Waals surface area contributed by atoms with Crippen molar-refractivity contribution in [3.63, 3.8) is 0 Å². The Morgan fingerprint density at radius 3 is 2.54 bits per heavy atom. The van der Waals surface area contributed by atoms with Crippen LogP contribution in [0.3, 0.4) is 0 Å². The van der Waals surface area contributed by atoms with E-state index in [-0.39, 0.29) is 5.91 Å². The highest BCUT2D eigenvalue weighted by atomic mass is 79.9. The largest absolute Gasteiger partial charge is 0.368 e. The smallest absolute Gasteiger partial charge is 0.254 e. The topological polar surface area (TPSA) is 47.3 Å². The predicted molar refractivity (Wildman–Crippen MR) is 98.2 cm³/mol. The second-order valence-electron chi connectivity index (χ2n) is 5.91. The summed E-state index contributed by atoms with van der Waals surface area (Å²) in [6.07, 6.45) is 0. The van der Waals surface area contributed by atoms with Crippen LogP contribution >= 0.6 is 15.9 Å². The molecular weight excluding hydrogens is 366 g/mol. The molecule has 3 rings (SSSR count). The molecule has 1 saturated heterocycles. The van der Waals surface area contributed by atoms with Gasteiger partial charge in [0.05, 0.1) is 11.6 Å². The number of nitrogens with zero attached hydrogens (tertiary/aromatic N) is 3. The molecule has 0 spiro atoms. The number of carbonyl (C=O) groups is 1. The molecule has 0 aliphatic carbocycles. The molecule has 0 N–H and O–H groups in total. The van der Waals surface area contributed by atoms with E-state index in [1.807, 2.05) is 4.90 Å². The summed E-state index contributed by atoms with van der Waals surface area (Å²) in [7, 11) is 0. The maximum atomic E-state index is 12.6. The van der Waals surface area contributed by atoms with Crippen molar-refractivity contribution in [2.24, 2.45) is 0 Å². The van der Waals surface area contributed by atoms with E-state index in [1.165, 1.54) is 11.3 Å². The number of hydrogen-bond acceptors (Lipinski definition) is 3. The Morgan fingerprint density at radius 1 is 1.12 bits per heavy atom. The third-order valence-corrected chi connectivity index (χ3v) is 5.20. The molecular formula is C19H18BrN3O. The van der Waals surface area contributed by atoms with Gasteiger partial charge in [-0.05, 0) is 48.9 Å². The van der Waals surface area contributed by atoms with Gasteiger partial charge in [0, 0.05) is 41.9 Å². The first-order chi connectivity index (χ1) is 11.6. The third-order valence-electron chi connectivity index (χ3n) is 4.31. The molecule has 1 amide bonds. The van der Waals surface area contributed by atoms with E-state index >= 15 is 0 Å². The number of rotatable bonds is 2. The summed E-state index contributed by atoms with van der Waals surface area (Å²) < 4.78 is 1.11. The lowest BCUT2D eigenvalue weighted by Gasteiger charge is -2.36. The number of benzene rings is 2. The highest BCUT2D eigenvalue weighted by molar-refractivity contribution is 9.10. The van der Waals surface area contributed by atoms with E-state index in [9.17, 15) is 4.79 Å². The van der Waals surface area contributed by atoms with Crippen molar-refractivity contribution in [3.8, 4) is 6.07 Å². The van der Waals surface area contributed by atoms with Crippen LogP contribution in [0.25, 0.3) is 0 Å². The molecule has 0 bridgehead atoms. The van der Waals surface area contributed by atoms with E-state index in [1.54, 1.807) is 24.3 Å². The number of hydrogen-bond donors (Lipinski definition) is 0. The first-order valence-electron chi connectivity index (χ1n) is 7.89. The van der Waals surface area contributed by atoms with Gasteiger partial charge < -0.3 is 9.80 Å². The summed E-state index contributed by atoms with van der Waals surface area (Å²) in [5.41, 5.74) is 3.50. The minimum Gasteiger partial charge on any atom is -0.368 e. The minimum absolute atomic E-state index is 0.00117. The summed E-state index contributed by atoms with van der Waals surface area (Å²) in [5, 5.41) is 8.97. The van der Waals surface area contributed by atoms with Crippen molar-refractivity contribution in [2.45, 2.75) is 6.92 Å². The molecule has 2 aromatic carbocycles. The van der Waals surface area contributed by atoms with Crippen molar-refractivity contribution in [2.75, 3.05) is 31.1 Å². The maximum Gasteiger partial charge on any atom is 0.254 e. The standard InChI is InChI=1S/C19H18BrN3O/c1-14-11-17(5-6-18(14)20)22-7-9-23(10-8-22)19(24)16-4-2-3-15(12-16)13-21/h2-6,11-12H,7-10H2,1H3. The summed E-state index contributed by atoms with van der Waals surface area (Å²) in [4.78, 5) is 16.8. The van der Waals surface area contributed by atoms with Gasteiger partial charge in [-0.15, -0.1) is 0 Å². The summed E-state index contributed by atoms with van der Waals surface area (Å²) >= 11 is 3.53. The SMILES string of the molecule is Cc1cc(N2CCN(C(=O)c3cccc(C#N)c3)CC2)ccc1Br. The molecule has 0 aromatic heterocycles. The van der Waals surface area contributed by atoms with Gasteiger partial charge in [0.1, 0.15) is 0 Å². The number of piperazine rings is 1. The van der Waals surface area contributed by atoms with E-state index in [4.69, 9.17) is 5.26 Å². The molecule has 1 aliphatic heterocycles. The Labute approximate surface area is 150 Å². The van der Waals surface area contributed by atoms with Crippen LogP contribution in [0.1, 0.15) is 21.5 Å². The zero-order valence-electron chi connectivity index (χ0n) is 13.5. The highest BCUT2D eigenvalue weighted by Gasteiger charge is 2.22. The van der Waals surface area contributed by atoms with Crippen molar-refractivity contribution < 1.29 is 4.79 Å². The fourth-order valence-corrected chi connectivity index (χ4v) is 3.14. The third kappa shape index (κ3) is 3.44. The van der Waals surface area contributed by atoms with E-state index in [0.717, 1.165) is 17.6 Å². The highest BCUT2D eigenvalue weighted by Crippen LogP contribution is 2.24. The normalized spacial score (nSPS) is 14.4. The maximum absolute atomic E-state index is 12.6. The van der Waals surface area contributed by atoms with Gasteiger partial charge in [0.2, 0.25) is 0 Å². The molecule has 1 heterocycles. The van der Waals surface area contributed by atoms with Crippen LogP contribution in [0.5, 0.6) is 0 Å². The van der Waals surface area contributed by atoms with Crippen LogP contribution in [-0.2, 0) is 0 Å². The van der Waals surface area contributed by atoms with E-state index in [0.29, 0.717) is 24.2 Å². The molecule has 0 atom stereocenters. The van der Waals surface area contributed by atoms with Crippen molar-refractivity contribution in [1.82, 2.24) is 4.90 Å². The Balaban J connectivity index is 1.67. The van der Waals surface area contributed by atoms with E-state index < -0.39 is 0 Å². The molecule has 0 saturated carbocycles. The first kappa shape index (κ1) is 16.5. The minimum atomic E-state index is -0.00117. The number of nitriles is 1. The van der Waals surface area contributed by atoms with Crippen LogP contribution < -0.4 is 4.90 Å². The Bertz CT molecular complexity index is 804. The second kappa shape index (κ2) is 7.06. The molecule has 1 fully saturated rings. The van der Waals surface area contributed by atoms with Crippen molar-refractivity contribution in [1.29, 1.82) is 5.26 Å². The fraction of sp³-hybridized carbons (Fsp3) is 0.263. The summed E-state index contributed by atoms with van der Waals surface area (Å²) in [5.74, 6) is -0.00117. The summed E-state index contributed by atoms with van der Waals surface area (Å²) in [6, 6.07) is 15.3. The zero-order valence-corrected chi connectivity index (χ0v) is 15.1. The van der Waals surface area contributed by atoms with Gasteiger partial charge in [-0.1, -0.05) is 22.0 Å². The van der Waals surface area contributed by atoms with Gasteiger partial charge in [0.25, 0.3) is 5.91 Å². The van der Waals surface area contributed by atoms with Crippen molar-refractivity contribution in [3.05, 3.63) is 63.6 Å². The lowest BCUT2D eigenvalue weighted by Crippen LogP contribution is -2.48. The molecule has 0 radical (unpaired) electrons. The summed E-state index contributed by atoms with van der Waals surface area (Å²) in [6.45, 7) is 5.07. The van der Waals surface area contributed by atoms with Crippen LogP contribution in [0.2, 0.25) is 0 Å². The van der Waals surface area contributed by atoms with Crippen molar-refractivity contribution >= 4 is 27.5 Å². The molecule has 24 heavy (non-hydrogen) atoms. The predicted octanol–water partition coefficient (Wildman–Crippen LogP) is 3.59. The lowest BCUT2D eigenvalue weighted by atomic mass is 10.1. The lowest BCUT2D eigenvalue weighted by molar-refractivity contribution is 0.0746. The van der Waals surface area contributed by atoms with E-state index in [2.05, 4.69) is 52.0 Å². The van der Waals surface area contributed by atoms with Gasteiger partial charge >= 0.3 is 0 Å². The molecule has 1 aliphatic rings. The monoisotopic (exact) mass is 383 g/mol. The molecule has 4 nitrogen and oxygen atoms in total. The van der Waals surface area contributed by atoms with Crippen LogP contribution in [-0.4, -0.2) is 37.0 Å². The molecule has 122 valence electrons.